The molecule has 3 rings (SSSR count). The van der Waals surface area contributed by atoms with E-state index in [-0.39, 0.29) is 0 Å². The SMILES string of the molecule is Cc1ccc(CN2CC(CCN)c3ccccc32)s1. The Morgan fingerprint density at radius 2 is 2.11 bits per heavy atom. The number of nitrogens with two attached hydrogens (primary N) is 1. The molecule has 1 unspecified atom stereocenters. The van der Waals surface area contributed by atoms with Crippen molar-refractivity contribution in [3.05, 3.63) is 51.7 Å². The van der Waals surface area contributed by atoms with Gasteiger partial charge >= 0.3 is 0 Å². The molecule has 19 heavy (non-hydrogen) atoms. The normalized spacial score (nSPS) is 17.8. The summed E-state index contributed by atoms with van der Waals surface area (Å²) in [7, 11) is 0. The highest BCUT2D eigenvalue weighted by atomic mass is 32.1. The zero-order valence-corrected chi connectivity index (χ0v) is 12.1. The van der Waals surface area contributed by atoms with Crippen molar-refractivity contribution >= 4 is 17.0 Å². The lowest BCUT2D eigenvalue weighted by Gasteiger charge is -2.19. The molecule has 100 valence electrons. The van der Waals surface area contributed by atoms with Crippen molar-refractivity contribution in [1.29, 1.82) is 0 Å². The second-order valence-corrected chi connectivity index (χ2v) is 6.60. The summed E-state index contributed by atoms with van der Waals surface area (Å²) >= 11 is 1.90. The van der Waals surface area contributed by atoms with E-state index in [0.717, 1.165) is 26.1 Å². The summed E-state index contributed by atoms with van der Waals surface area (Å²) < 4.78 is 0. The molecule has 0 saturated heterocycles. The minimum absolute atomic E-state index is 0.599. The number of anilines is 1. The van der Waals surface area contributed by atoms with Crippen molar-refractivity contribution in [2.75, 3.05) is 18.0 Å². The van der Waals surface area contributed by atoms with Gasteiger partial charge in [0.05, 0.1) is 6.54 Å². The molecule has 2 N–H and O–H groups in total. The Hall–Kier alpha value is -1.32. The second kappa shape index (κ2) is 5.35. The van der Waals surface area contributed by atoms with Crippen LogP contribution < -0.4 is 10.6 Å². The molecule has 0 saturated carbocycles. The van der Waals surface area contributed by atoms with Crippen LogP contribution in [0.5, 0.6) is 0 Å². The summed E-state index contributed by atoms with van der Waals surface area (Å²) in [5.74, 6) is 0.599. The van der Waals surface area contributed by atoms with Gasteiger partial charge in [-0.15, -0.1) is 11.3 Å². The zero-order valence-electron chi connectivity index (χ0n) is 11.3. The molecular weight excluding hydrogens is 252 g/mol. The first-order valence-corrected chi connectivity index (χ1v) is 7.69. The Balaban J connectivity index is 1.84. The fraction of sp³-hybridized carbons (Fsp3) is 0.375. The number of fused-ring (bicyclic) bond motifs is 1. The predicted octanol–water partition coefficient (Wildman–Crippen LogP) is 3.51. The molecule has 0 bridgehead atoms. The zero-order chi connectivity index (χ0) is 13.2. The number of benzene rings is 1. The van der Waals surface area contributed by atoms with Crippen LogP contribution in [0.4, 0.5) is 5.69 Å². The largest absolute Gasteiger partial charge is 0.366 e. The lowest BCUT2D eigenvalue weighted by atomic mass is 9.98. The summed E-state index contributed by atoms with van der Waals surface area (Å²) in [6.07, 6.45) is 1.08. The maximum absolute atomic E-state index is 5.75. The molecule has 2 heterocycles. The van der Waals surface area contributed by atoms with Gasteiger partial charge in [0.2, 0.25) is 0 Å². The van der Waals surface area contributed by atoms with Gasteiger partial charge in [0.15, 0.2) is 0 Å². The minimum atomic E-state index is 0.599. The molecular formula is C16H20N2S. The van der Waals surface area contributed by atoms with Crippen LogP contribution in [-0.2, 0) is 6.54 Å². The van der Waals surface area contributed by atoms with E-state index >= 15 is 0 Å². The number of para-hydroxylation sites is 1. The topological polar surface area (TPSA) is 29.3 Å². The van der Waals surface area contributed by atoms with E-state index in [2.05, 4.69) is 48.2 Å². The first kappa shape index (κ1) is 12.7. The fourth-order valence-electron chi connectivity index (χ4n) is 2.94. The molecule has 0 spiro atoms. The Morgan fingerprint density at radius 1 is 1.26 bits per heavy atom. The molecule has 1 aromatic heterocycles. The lowest BCUT2D eigenvalue weighted by Crippen LogP contribution is -2.21. The van der Waals surface area contributed by atoms with Crippen molar-refractivity contribution in [2.45, 2.75) is 25.8 Å². The van der Waals surface area contributed by atoms with Crippen LogP contribution in [0.3, 0.4) is 0 Å². The van der Waals surface area contributed by atoms with Crippen LogP contribution >= 0.6 is 11.3 Å². The van der Waals surface area contributed by atoms with Crippen molar-refractivity contribution in [3.63, 3.8) is 0 Å². The van der Waals surface area contributed by atoms with Crippen LogP contribution in [0.2, 0.25) is 0 Å². The van der Waals surface area contributed by atoms with E-state index in [9.17, 15) is 0 Å². The monoisotopic (exact) mass is 272 g/mol. The molecule has 2 aromatic rings. The maximum atomic E-state index is 5.75. The number of aryl methyl sites for hydroxylation is 1. The molecule has 0 radical (unpaired) electrons. The van der Waals surface area contributed by atoms with Gasteiger partial charge < -0.3 is 10.6 Å². The van der Waals surface area contributed by atoms with E-state index in [1.165, 1.54) is 21.0 Å². The summed E-state index contributed by atoms with van der Waals surface area (Å²) in [6, 6.07) is 13.2. The predicted molar refractivity (Wildman–Crippen MR) is 83.0 cm³/mol. The standard InChI is InChI=1S/C16H20N2S/c1-12-6-7-14(19-12)11-18-10-13(8-9-17)15-4-2-3-5-16(15)18/h2-7,13H,8-11,17H2,1H3. The van der Waals surface area contributed by atoms with Crippen LogP contribution in [-0.4, -0.2) is 13.1 Å². The molecule has 1 aliphatic heterocycles. The van der Waals surface area contributed by atoms with E-state index in [0.29, 0.717) is 5.92 Å². The van der Waals surface area contributed by atoms with Crippen LogP contribution in [0.1, 0.15) is 27.7 Å². The highest BCUT2D eigenvalue weighted by Crippen LogP contribution is 2.38. The lowest BCUT2D eigenvalue weighted by molar-refractivity contribution is 0.645. The van der Waals surface area contributed by atoms with Gasteiger partial charge in [-0.1, -0.05) is 18.2 Å². The molecule has 0 aliphatic carbocycles. The van der Waals surface area contributed by atoms with Gasteiger partial charge in [-0.25, -0.2) is 0 Å². The van der Waals surface area contributed by atoms with Gasteiger partial charge in [-0.2, -0.15) is 0 Å². The molecule has 0 fully saturated rings. The number of thiophene rings is 1. The van der Waals surface area contributed by atoms with Crippen LogP contribution in [0, 0.1) is 6.92 Å². The summed E-state index contributed by atoms with van der Waals surface area (Å²) in [6.45, 7) is 5.07. The number of hydrogen-bond donors (Lipinski definition) is 1. The van der Waals surface area contributed by atoms with E-state index in [1.807, 2.05) is 11.3 Å². The first-order valence-electron chi connectivity index (χ1n) is 6.87. The Labute approximate surface area is 118 Å². The average Bonchev–Trinajstić information content (AvgIpc) is 2.97. The van der Waals surface area contributed by atoms with Gasteiger partial charge in [0, 0.05) is 27.9 Å². The van der Waals surface area contributed by atoms with Gasteiger partial charge in [-0.3, -0.25) is 0 Å². The number of hydrogen-bond acceptors (Lipinski definition) is 3. The Bertz CT molecular complexity index is 561. The third kappa shape index (κ3) is 2.53. The third-order valence-electron chi connectivity index (χ3n) is 3.82. The molecule has 1 atom stereocenters. The van der Waals surface area contributed by atoms with E-state index < -0.39 is 0 Å². The Kier molecular flexibility index (Phi) is 3.58. The summed E-state index contributed by atoms with van der Waals surface area (Å²) in [4.78, 5) is 5.34. The fourth-order valence-corrected chi connectivity index (χ4v) is 3.85. The van der Waals surface area contributed by atoms with Crippen LogP contribution in [0.25, 0.3) is 0 Å². The highest BCUT2D eigenvalue weighted by Gasteiger charge is 2.27. The molecule has 0 amide bonds. The molecule has 1 aliphatic rings. The smallest absolute Gasteiger partial charge is 0.0523 e. The van der Waals surface area contributed by atoms with Gasteiger partial charge in [0.1, 0.15) is 0 Å². The average molecular weight is 272 g/mol. The van der Waals surface area contributed by atoms with E-state index in [4.69, 9.17) is 5.73 Å². The quantitative estimate of drug-likeness (QED) is 0.923. The van der Waals surface area contributed by atoms with E-state index in [1.54, 1.807) is 0 Å². The number of nitrogens with zero attached hydrogens (tertiary/aromatic N) is 1. The van der Waals surface area contributed by atoms with Crippen molar-refractivity contribution in [1.82, 2.24) is 0 Å². The second-order valence-electron chi connectivity index (χ2n) is 5.23. The molecule has 1 aromatic carbocycles. The van der Waals surface area contributed by atoms with Gasteiger partial charge in [-0.05, 0) is 43.7 Å². The highest BCUT2D eigenvalue weighted by molar-refractivity contribution is 7.11. The van der Waals surface area contributed by atoms with Crippen molar-refractivity contribution < 1.29 is 0 Å². The first-order chi connectivity index (χ1) is 9.28. The maximum Gasteiger partial charge on any atom is 0.0523 e. The van der Waals surface area contributed by atoms with Crippen LogP contribution in [0.15, 0.2) is 36.4 Å². The van der Waals surface area contributed by atoms with Crippen molar-refractivity contribution in [2.24, 2.45) is 5.73 Å². The third-order valence-corrected chi connectivity index (χ3v) is 4.80. The number of rotatable bonds is 4. The summed E-state index contributed by atoms with van der Waals surface area (Å²) in [5, 5.41) is 0. The summed E-state index contributed by atoms with van der Waals surface area (Å²) in [5.41, 5.74) is 8.62. The molecule has 2 nitrogen and oxygen atoms in total. The molecule has 3 heteroatoms. The Morgan fingerprint density at radius 3 is 2.84 bits per heavy atom. The minimum Gasteiger partial charge on any atom is -0.366 e. The van der Waals surface area contributed by atoms with Crippen molar-refractivity contribution in [3.8, 4) is 0 Å². The van der Waals surface area contributed by atoms with Gasteiger partial charge in [0.25, 0.3) is 0 Å².